The van der Waals surface area contributed by atoms with Gasteiger partial charge in [0.2, 0.25) is 0 Å². The molecule has 1 aliphatic rings. The highest BCUT2D eigenvalue weighted by molar-refractivity contribution is 5.69. The van der Waals surface area contributed by atoms with Gasteiger partial charge < -0.3 is 9.64 Å². The summed E-state index contributed by atoms with van der Waals surface area (Å²) in [4.78, 5) is 14.8. The van der Waals surface area contributed by atoms with E-state index in [0.29, 0.717) is 18.7 Å². The van der Waals surface area contributed by atoms with Crippen LogP contribution < -0.4 is 0 Å². The Hall–Kier alpha value is -1.77. The van der Waals surface area contributed by atoms with Crippen molar-refractivity contribution in [2.75, 3.05) is 0 Å². The number of allylic oxidation sites excluding steroid dienone is 1. The summed E-state index contributed by atoms with van der Waals surface area (Å²) in [6.45, 7) is 6.35. The molecule has 24 heavy (non-hydrogen) atoms. The predicted molar refractivity (Wildman–Crippen MR) is 98.8 cm³/mol. The fourth-order valence-corrected chi connectivity index (χ4v) is 3.56. The number of likely N-dealkylation sites (tertiary alicyclic amines) is 1. The summed E-state index contributed by atoms with van der Waals surface area (Å²) >= 11 is 0. The van der Waals surface area contributed by atoms with Crippen molar-refractivity contribution in [3.8, 4) is 0 Å². The van der Waals surface area contributed by atoms with Gasteiger partial charge in [-0.2, -0.15) is 0 Å². The molecule has 0 radical (unpaired) electrons. The van der Waals surface area contributed by atoms with Crippen LogP contribution in [0.3, 0.4) is 0 Å². The monoisotopic (exact) mass is 329 g/mol. The number of amides is 1. The number of ether oxygens (including phenoxy) is 1. The maximum Gasteiger partial charge on any atom is 0.410 e. The number of rotatable bonds is 9. The molecule has 132 valence electrons. The SMILES string of the molecule is C=CCCC[C@H]1CC[C@H](CCCC)N1C(=O)OCc1ccccc1. The van der Waals surface area contributed by atoms with Gasteiger partial charge in [0.05, 0.1) is 0 Å². The lowest BCUT2D eigenvalue weighted by atomic mass is 10.1. The Morgan fingerprint density at radius 2 is 1.88 bits per heavy atom. The first kappa shape index (κ1) is 18.6. The van der Waals surface area contributed by atoms with Crippen LogP contribution in [0.1, 0.15) is 63.9 Å². The molecule has 1 aliphatic heterocycles. The highest BCUT2D eigenvalue weighted by Crippen LogP contribution is 2.31. The Kier molecular flexibility index (Phi) is 7.87. The topological polar surface area (TPSA) is 29.5 Å². The second kappa shape index (κ2) is 10.2. The highest BCUT2D eigenvalue weighted by atomic mass is 16.6. The highest BCUT2D eigenvalue weighted by Gasteiger charge is 2.36. The minimum atomic E-state index is -0.138. The van der Waals surface area contributed by atoms with E-state index in [9.17, 15) is 4.79 Å². The van der Waals surface area contributed by atoms with Crippen LogP contribution in [0.2, 0.25) is 0 Å². The first-order valence-electron chi connectivity index (χ1n) is 9.36. The van der Waals surface area contributed by atoms with Crippen LogP contribution in [-0.2, 0) is 11.3 Å². The van der Waals surface area contributed by atoms with E-state index in [4.69, 9.17) is 4.74 Å². The Labute approximate surface area is 146 Å². The summed E-state index contributed by atoms with van der Waals surface area (Å²) < 4.78 is 5.63. The summed E-state index contributed by atoms with van der Waals surface area (Å²) in [5, 5.41) is 0. The number of benzene rings is 1. The van der Waals surface area contributed by atoms with E-state index in [0.717, 1.165) is 44.1 Å². The molecule has 0 saturated carbocycles. The molecule has 2 rings (SSSR count). The molecule has 0 aromatic heterocycles. The zero-order valence-corrected chi connectivity index (χ0v) is 15.0. The Balaban J connectivity index is 1.95. The van der Waals surface area contributed by atoms with E-state index in [2.05, 4.69) is 13.5 Å². The van der Waals surface area contributed by atoms with Gasteiger partial charge in [0.25, 0.3) is 0 Å². The molecular formula is C21H31NO2. The molecule has 3 heteroatoms. The minimum Gasteiger partial charge on any atom is -0.445 e. The van der Waals surface area contributed by atoms with Gasteiger partial charge in [0.15, 0.2) is 0 Å². The molecule has 0 unspecified atom stereocenters. The van der Waals surface area contributed by atoms with Gasteiger partial charge in [0.1, 0.15) is 6.61 Å². The number of carbonyl (C=O) groups is 1. The summed E-state index contributed by atoms with van der Waals surface area (Å²) in [7, 11) is 0. The van der Waals surface area contributed by atoms with Crippen LogP contribution in [0, 0.1) is 0 Å². The predicted octanol–water partition coefficient (Wildman–Crippen LogP) is 5.70. The number of unbranched alkanes of at least 4 members (excludes halogenated alkanes) is 2. The van der Waals surface area contributed by atoms with E-state index in [1.165, 1.54) is 12.8 Å². The van der Waals surface area contributed by atoms with Crippen LogP contribution in [0.4, 0.5) is 4.79 Å². The molecule has 0 aliphatic carbocycles. The van der Waals surface area contributed by atoms with E-state index in [-0.39, 0.29) is 6.09 Å². The number of hydrogen-bond donors (Lipinski definition) is 0. The molecule has 0 bridgehead atoms. The smallest absolute Gasteiger partial charge is 0.410 e. The van der Waals surface area contributed by atoms with E-state index < -0.39 is 0 Å². The van der Waals surface area contributed by atoms with Crippen molar-refractivity contribution >= 4 is 6.09 Å². The Morgan fingerprint density at radius 1 is 1.21 bits per heavy atom. The first-order chi connectivity index (χ1) is 11.8. The molecule has 1 saturated heterocycles. The van der Waals surface area contributed by atoms with Crippen LogP contribution >= 0.6 is 0 Å². The van der Waals surface area contributed by atoms with Gasteiger partial charge in [-0.15, -0.1) is 6.58 Å². The summed E-state index contributed by atoms with van der Waals surface area (Å²) in [6.07, 6.45) is 10.6. The molecule has 2 atom stereocenters. The molecular weight excluding hydrogens is 298 g/mol. The normalized spacial score (nSPS) is 20.1. The lowest BCUT2D eigenvalue weighted by Crippen LogP contribution is -2.41. The third-order valence-electron chi connectivity index (χ3n) is 4.87. The first-order valence-corrected chi connectivity index (χ1v) is 9.36. The van der Waals surface area contributed by atoms with E-state index in [1.54, 1.807) is 0 Å². The number of hydrogen-bond acceptors (Lipinski definition) is 2. The van der Waals surface area contributed by atoms with E-state index in [1.807, 2.05) is 41.3 Å². The summed E-state index contributed by atoms with van der Waals surface area (Å²) in [6, 6.07) is 10.6. The fraction of sp³-hybridized carbons (Fsp3) is 0.571. The number of nitrogens with zero attached hydrogens (tertiary/aromatic N) is 1. The maximum absolute atomic E-state index is 12.7. The van der Waals surface area contributed by atoms with Gasteiger partial charge in [-0.3, -0.25) is 0 Å². The standard InChI is InChI=1S/C21H31NO2/c1-3-5-8-14-20-16-15-19(13-6-4-2)22(20)21(23)24-17-18-11-9-7-10-12-18/h3,7,9-12,19-20H,1,4-6,8,13-17H2,2H3/t19-,20-/m0/s1. The van der Waals surface area contributed by atoms with Crippen LogP contribution in [-0.4, -0.2) is 23.1 Å². The molecule has 1 amide bonds. The van der Waals surface area contributed by atoms with E-state index >= 15 is 0 Å². The molecule has 0 N–H and O–H groups in total. The Bertz CT molecular complexity index is 500. The van der Waals surface area contributed by atoms with Crippen molar-refractivity contribution in [1.82, 2.24) is 4.90 Å². The largest absolute Gasteiger partial charge is 0.445 e. The maximum atomic E-state index is 12.7. The molecule has 3 nitrogen and oxygen atoms in total. The molecule has 1 heterocycles. The van der Waals surface area contributed by atoms with Gasteiger partial charge in [-0.25, -0.2) is 4.79 Å². The quantitative estimate of drug-likeness (QED) is 0.429. The molecule has 1 aromatic carbocycles. The van der Waals surface area contributed by atoms with Gasteiger partial charge in [-0.1, -0.05) is 56.2 Å². The van der Waals surface area contributed by atoms with Crippen LogP contribution in [0.25, 0.3) is 0 Å². The lowest BCUT2D eigenvalue weighted by Gasteiger charge is -2.30. The van der Waals surface area contributed by atoms with Crippen molar-refractivity contribution in [3.63, 3.8) is 0 Å². The average Bonchev–Trinajstić information content (AvgIpc) is 3.02. The van der Waals surface area contributed by atoms with Crippen molar-refractivity contribution in [1.29, 1.82) is 0 Å². The third-order valence-corrected chi connectivity index (χ3v) is 4.87. The van der Waals surface area contributed by atoms with Gasteiger partial charge >= 0.3 is 6.09 Å². The second-order valence-corrected chi connectivity index (χ2v) is 6.69. The minimum absolute atomic E-state index is 0.138. The number of carbonyl (C=O) groups excluding carboxylic acids is 1. The lowest BCUT2D eigenvalue weighted by molar-refractivity contribution is 0.0745. The average molecular weight is 329 g/mol. The van der Waals surface area contributed by atoms with Crippen molar-refractivity contribution in [2.45, 2.75) is 77.0 Å². The summed E-state index contributed by atoms with van der Waals surface area (Å²) in [5.74, 6) is 0. The van der Waals surface area contributed by atoms with Crippen LogP contribution in [0.15, 0.2) is 43.0 Å². The summed E-state index contributed by atoms with van der Waals surface area (Å²) in [5.41, 5.74) is 1.04. The molecule has 1 fully saturated rings. The Morgan fingerprint density at radius 3 is 2.50 bits per heavy atom. The molecule has 1 aromatic rings. The van der Waals surface area contributed by atoms with Crippen LogP contribution in [0.5, 0.6) is 0 Å². The second-order valence-electron chi connectivity index (χ2n) is 6.69. The van der Waals surface area contributed by atoms with Crippen molar-refractivity contribution in [3.05, 3.63) is 48.6 Å². The zero-order chi connectivity index (χ0) is 17.2. The molecule has 0 spiro atoms. The fourth-order valence-electron chi connectivity index (χ4n) is 3.56. The van der Waals surface area contributed by atoms with Gasteiger partial charge in [-0.05, 0) is 44.1 Å². The van der Waals surface area contributed by atoms with Gasteiger partial charge in [0, 0.05) is 12.1 Å². The van der Waals surface area contributed by atoms with Crippen molar-refractivity contribution < 1.29 is 9.53 Å². The third kappa shape index (κ3) is 5.40. The van der Waals surface area contributed by atoms with Crippen molar-refractivity contribution in [2.24, 2.45) is 0 Å². The zero-order valence-electron chi connectivity index (χ0n) is 15.0.